The van der Waals surface area contributed by atoms with E-state index in [-0.39, 0.29) is 10.6 Å². The van der Waals surface area contributed by atoms with Crippen molar-refractivity contribution in [3.05, 3.63) is 58.8 Å². The molecule has 2 aromatic carbocycles. The van der Waals surface area contributed by atoms with E-state index in [1.54, 1.807) is 29.1 Å². The van der Waals surface area contributed by atoms with E-state index >= 15 is 0 Å². The molecule has 0 bridgehead atoms. The zero-order valence-electron chi connectivity index (χ0n) is 11.5. The summed E-state index contributed by atoms with van der Waals surface area (Å²) in [5, 5.41) is 19.7. The first kappa shape index (κ1) is 13.1. The summed E-state index contributed by atoms with van der Waals surface area (Å²) in [6, 6.07) is 12.8. The van der Waals surface area contributed by atoms with Crippen molar-refractivity contribution in [1.29, 1.82) is 0 Å². The van der Waals surface area contributed by atoms with Gasteiger partial charge in [-0.05, 0) is 25.1 Å². The highest BCUT2D eigenvalue weighted by atomic mass is 16.6. The number of nitrogens with one attached hydrogen (secondary N) is 1. The van der Waals surface area contributed by atoms with Crippen molar-refractivity contribution in [2.45, 2.75) is 6.92 Å². The number of rotatable bonds is 4. The summed E-state index contributed by atoms with van der Waals surface area (Å²) >= 11 is 0. The Labute approximate surface area is 121 Å². The van der Waals surface area contributed by atoms with Gasteiger partial charge in [-0.15, -0.1) is 0 Å². The van der Waals surface area contributed by atoms with Gasteiger partial charge in [-0.3, -0.25) is 10.1 Å². The molecule has 3 rings (SSSR count). The van der Waals surface area contributed by atoms with Crippen LogP contribution < -0.4 is 5.32 Å². The standard InChI is InChI=1S/C15H14N4O2/c1-2-16-12-7-5-9-14(15(12)19(20)21)18-13-8-4-3-6-11(13)10-17-18/h3-10,16H,2H2,1H3. The van der Waals surface area contributed by atoms with Crippen LogP contribution in [-0.4, -0.2) is 21.2 Å². The number of hydrogen-bond acceptors (Lipinski definition) is 4. The molecule has 3 aromatic rings. The van der Waals surface area contributed by atoms with E-state index in [0.29, 0.717) is 17.9 Å². The number of anilines is 1. The molecule has 1 aromatic heterocycles. The Morgan fingerprint density at radius 2 is 2.05 bits per heavy atom. The van der Waals surface area contributed by atoms with Crippen molar-refractivity contribution in [3.63, 3.8) is 0 Å². The third kappa shape index (κ3) is 2.20. The third-order valence-corrected chi connectivity index (χ3v) is 3.27. The van der Waals surface area contributed by atoms with Gasteiger partial charge in [0.1, 0.15) is 11.4 Å². The second kappa shape index (κ2) is 5.24. The van der Waals surface area contributed by atoms with Gasteiger partial charge in [-0.2, -0.15) is 5.10 Å². The van der Waals surface area contributed by atoms with Gasteiger partial charge in [0, 0.05) is 11.9 Å². The van der Waals surface area contributed by atoms with E-state index in [0.717, 1.165) is 10.9 Å². The molecule has 0 saturated carbocycles. The molecule has 0 amide bonds. The average molecular weight is 282 g/mol. The summed E-state index contributed by atoms with van der Waals surface area (Å²) in [5.74, 6) is 0. The highest BCUT2D eigenvalue weighted by Gasteiger charge is 2.22. The SMILES string of the molecule is CCNc1cccc(-n2ncc3ccccc32)c1[N+](=O)[O-]. The van der Waals surface area contributed by atoms with Crippen molar-refractivity contribution in [2.75, 3.05) is 11.9 Å². The Kier molecular flexibility index (Phi) is 3.27. The van der Waals surface area contributed by atoms with Gasteiger partial charge in [-0.1, -0.05) is 24.3 Å². The molecule has 0 spiro atoms. The first-order chi connectivity index (χ1) is 10.2. The molecule has 0 aliphatic heterocycles. The Balaban J connectivity index is 2.27. The molecule has 6 heteroatoms. The summed E-state index contributed by atoms with van der Waals surface area (Å²) in [4.78, 5) is 11.1. The van der Waals surface area contributed by atoms with Gasteiger partial charge < -0.3 is 5.32 Å². The smallest absolute Gasteiger partial charge is 0.317 e. The molecule has 1 heterocycles. The lowest BCUT2D eigenvalue weighted by atomic mass is 10.2. The van der Waals surface area contributed by atoms with Crippen molar-refractivity contribution in [3.8, 4) is 5.69 Å². The molecular formula is C15H14N4O2. The lowest BCUT2D eigenvalue weighted by molar-refractivity contribution is -0.383. The van der Waals surface area contributed by atoms with E-state index in [2.05, 4.69) is 10.4 Å². The van der Waals surface area contributed by atoms with Gasteiger partial charge in [0.25, 0.3) is 0 Å². The topological polar surface area (TPSA) is 73.0 Å². The first-order valence-electron chi connectivity index (χ1n) is 6.66. The van der Waals surface area contributed by atoms with Crippen LogP contribution in [0.3, 0.4) is 0 Å². The maximum atomic E-state index is 11.5. The van der Waals surface area contributed by atoms with Crippen molar-refractivity contribution in [1.82, 2.24) is 9.78 Å². The number of nitrogens with zero attached hydrogens (tertiary/aromatic N) is 3. The number of nitro groups is 1. The van der Waals surface area contributed by atoms with Gasteiger partial charge in [0.2, 0.25) is 0 Å². The third-order valence-electron chi connectivity index (χ3n) is 3.27. The second-order valence-corrected chi connectivity index (χ2v) is 4.58. The van der Waals surface area contributed by atoms with Crippen molar-refractivity contribution in [2.24, 2.45) is 0 Å². The molecule has 6 nitrogen and oxygen atoms in total. The van der Waals surface area contributed by atoms with E-state index in [1.165, 1.54) is 0 Å². The number of para-hydroxylation sites is 2. The van der Waals surface area contributed by atoms with Crippen LogP contribution in [0.25, 0.3) is 16.6 Å². The van der Waals surface area contributed by atoms with Crippen LogP contribution in [0.1, 0.15) is 6.92 Å². The minimum atomic E-state index is -0.371. The molecule has 0 aliphatic carbocycles. The van der Waals surface area contributed by atoms with Crippen LogP contribution in [0.15, 0.2) is 48.7 Å². The predicted molar refractivity (Wildman–Crippen MR) is 81.9 cm³/mol. The van der Waals surface area contributed by atoms with Crippen LogP contribution in [0.2, 0.25) is 0 Å². The molecule has 0 unspecified atom stereocenters. The Morgan fingerprint density at radius 1 is 1.24 bits per heavy atom. The molecule has 0 radical (unpaired) electrons. The number of nitro benzene ring substituents is 1. The lowest BCUT2D eigenvalue weighted by Gasteiger charge is -2.09. The van der Waals surface area contributed by atoms with Crippen LogP contribution in [0, 0.1) is 10.1 Å². The van der Waals surface area contributed by atoms with Crippen LogP contribution in [0.4, 0.5) is 11.4 Å². The molecule has 0 fully saturated rings. The van der Waals surface area contributed by atoms with E-state index in [4.69, 9.17) is 0 Å². The van der Waals surface area contributed by atoms with Crippen LogP contribution in [0.5, 0.6) is 0 Å². The number of aromatic nitrogens is 2. The van der Waals surface area contributed by atoms with Gasteiger partial charge in [-0.25, -0.2) is 4.68 Å². The van der Waals surface area contributed by atoms with Gasteiger partial charge in [0.15, 0.2) is 0 Å². The minimum Gasteiger partial charge on any atom is -0.380 e. The fourth-order valence-electron chi connectivity index (χ4n) is 2.39. The lowest BCUT2D eigenvalue weighted by Crippen LogP contribution is -2.06. The average Bonchev–Trinajstić information content (AvgIpc) is 2.91. The summed E-state index contributed by atoms with van der Waals surface area (Å²) in [6.45, 7) is 2.52. The highest BCUT2D eigenvalue weighted by molar-refractivity contribution is 5.82. The van der Waals surface area contributed by atoms with E-state index in [9.17, 15) is 10.1 Å². The highest BCUT2D eigenvalue weighted by Crippen LogP contribution is 2.32. The normalized spacial score (nSPS) is 10.7. The quantitative estimate of drug-likeness (QED) is 0.588. The van der Waals surface area contributed by atoms with E-state index < -0.39 is 0 Å². The van der Waals surface area contributed by atoms with Gasteiger partial charge >= 0.3 is 5.69 Å². The molecule has 1 N–H and O–H groups in total. The van der Waals surface area contributed by atoms with E-state index in [1.807, 2.05) is 31.2 Å². The monoisotopic (exact) mass is 282 g/mol. The fourth-order valence-corrected chi connectivity index (χ4v) is 2.39. The molecule has 21 heavy (non-hydrogen) atoms. The number of fused-ring (bicyclic) bond motifs is 1. The summed E-state index contributed by atoms with van der Waals surface area (Å²) < 4.78 is 1.61. The Hall–Kier alpha value is -2.89. The predicted octanol–water partition coefficient (Wildman–Crippen LogP) is 3.37. The molecule has 0 aliphatic rings. The van der Waals surface area contributed by atoms with Crippen LogP contribution >= 0.6 is 0 Å². The number of hydrogen-bond donors (Lipinski definition) is 1. The largest absolute Gasteiger partial charge is 0.380 e. The number of benzene rings is 2. The van der Waals surface area contributed by atoms with Crippen LogP contribution in [-0.2, 0) is 0 Å². The van der Waals surface area contributed by atoms with Crippen molar-refractivity contribution < 1.29 is 4.92 Å². The summed E-state index contributed by atoms with van der Waals surface area (Å²) in [7, 11) is 0. The van der Waals surface area contributed by atoms with Gasteiger partial charge in [0.05, 0.1) is 16.6 Å². The molecule has 106 valence electrons. The fraction of sp³-hybridized carbons (Fsp3) is 0.133. The summed E-state index contributed by atoms with van der Waals surface area (Å²) in [6.07, 6.45) is 1.71. The maximum Gasteiger partial charge on any atom is 0.317 e. The molecule has 0 saturated heterocycles. The molecule has 0 atom stereocenters. The summed E-state index contributed by atoms with van der Waals surface area (Å²) in [5.41, 5.74) is 1.83. The van der Waals surface area contributed by atoms with Crippen molar-refractivity contribution >= 4 is 22.3 Å². The molecular weight excluding hydrogens is 268 g/mol. The zero-order chi connectivity index (χ0) is 14.8. The zero-order valence-corrected chi connectivity index (χ0v) is 11.5. The second-order valence-electron chi connectivity index (χ2n) is 4.58. The Morgan fingerprint density at radius 3 is 2.81 bits per heavy atom. The minimum absolute atomic E-state index is 0.0354. The maximum absolute atomic E-state index is 11.5. The Bertz CT molecular complexity index is 810. The first-order valence-corrected chi connectivity index (χ1v) is 6.66.